The summed E-state index contributed by atoms with van der Waals surface area (Å²) in [5.41, 5.74) is 3.46. The molecule has 1 N–H and O–H groups in total. The lowest BCUT2D eigenvalue weighted by atomic mass is 10.2. The van der Waals surface area contributed by atoms with Gasteiger partial charge in [-0.1, -0.05) is 19.8 Å². The van der Waals surface area contributed by atoms with Crippen LogP contribution >= 0.6 is 15.9 Å². The zero-order chi connectivity index (χ0) is 15.0. The van der Waals surface area contributed by atoms with Gasteiger partial charge in [-0.05, 0) is 53.7 Å². The predicted molar refractivity (Wildman–Crippen MR) is 86.7 cm³/mol. The Morgan fingerprint density at radius 2 is 2.19 bits per heavy atom. The number of carbonyl (C=O) groups is 1. The van der Waals surface area contributed by atoms with Gasteiger partial charge in [-0.3, -0.25) is 9.20 Å². The maximum absolute atomic E-state index is 12.7. The van der Waals surface area contributed by atoms with Gasteiger partial charge in [0.2, 0.25) is 0 Å². The first-order chi connectivity index (χ1) is 10.1. The molecule has 0 saturated heterocycles. The lowest BCUT2D eigenvalue weighted by molar-refractivity contribution is 0.0931. The van der Waals surface area contributed by atoms with Gasteiger partial charge in [-0.25, -0.2) is 4.98 Å². The van der Waals surface area contributed by atoms with Crippen LogP contribution in [0.15, 0.2) is 16.7 Å². The van der Waals surface area contributed by atoms with Crippen LogP contribution in [0.3, 0.4) is 0 Å². The molecule has 3 rings (SSSR count). The van der Waals surface area contributed by atoms with Gasteiger partial charge < -0.3 is 5.32 Å². The number of pyridine rings is 1. The standard InChI is InChI=1S/C16H20BrN3O/c1-3-13-14(16(21)18-11-6-4-5-7-11)20-9-10(2)8-12(17)15(20)19-13/h8-9,11H,3-7H2,1-2H3,(H,18,21). The number of aromatic nitrogens is 2. The monoisotopic (exact) mass is 349 g/mol. The summed E-state index contributed by atoms with van der Waals surface area (Å²) in [6.45, 7) is 4.06. The quantitative estimate of drug-likeness (QED) is 0.919. The van der Waals surface area contributed by atoms with Crippen LogP contribution in [0, 0.1) is 6.92 Å². The first-order valence-electron chi connectivity index (χ1n) is 7.58. The van der Waals surface area contributed by atoms with E-state index >= 15 is 0 Å². The van der Waals surface area contributed by atoms with E-state index < -0.39 is 0 Å². The van der Waals surface area contributed by atoms with E-state index in [1.54, 1.807) is 0 Å². The van der Waals surface area contributed by atoms with Gasteiger partial charge >= 0.3 is 0 Å². The molecule has 4 nitrogen and oxygen atoms in total. The van der Waals surface area contributed by atoms with Gasteiger partial charge in [-0.2, -0.15) is 0 Å². The van der Waals surface area contributed by atoms with Crippen molar-refractivity contribution in [3.63, 3.8) is 0 Å². The fourth-order valence-corrected chi connectivity index (χ4v) is 3.73. The second-order valence-electron chi connectivity index (χ2n) is 5.77. The SMILES string of the molecule is CCc1nc2c(Br)cc(C)cn2c1C(=O)NC1CCCC1. The molecule has 2 aromatic rings. The van der Waals surface area contributed by atoms with Crippen LogP contribution in [0.25, 0.3) is 5.65 Å². The van der Waals surface area contributed by atoms with Crippen molar-refractivity contribution < 1.29 is 4.79 Å². The summed E-state index contributed by atoms with van der Waals surface area (Å²) in [7, 11) is 0. The number of nitrogens with one attached hydrogen (secondary N) is 1. The van der Waals surface area contributed by atoms with Crippen LogP contribution in [0.1, 0.15) is 54.4 Å². The highest BCUT2D eigenvalue weighted by Crippen LogP contribution is 2.24. The normalized spacial score (nSPS) is 15.8. The number of rotatable bonds is 3. The maximum Gasteiger partial charge on any atom is 0.270 e. The third-order valence-corrected chi connectivity index (χ3v) is 4.71. The molecular formula is C16H20BrN3O. The van der Waals surface area contributed by atoms with Crippen LogP contribution in [-0.2, 0) is 6.42 Å². The molecule has 0 unspecified atom stereocenters. The number of hydrogen-bond donors (Lipinski definition) is 1. The highest BCUT2D eigenvalue weighted by Gasteiger charge is 2.23. The van der Waals surface area contributed by atoms with Crippen molar-refractivity contribution in [1.82, 2.24) is 14.7 Å². The summed E-state index contributed by atoms with van der Waals surface area (Å²) in [5.74, 6) is 0.00347. The highest BCUT2D eigenvalue weighted by molar-refractivity contribution is 9.10. The van der Waals surface area contributed by atoms with Crippen molar-refractivity contribution in [3.05, 3.63) is 33.7 Å². The van der Waals surface area contributed by atoms with E-state index in [-0.39, 0.29) is 5.91 Å². The number of nitrogens with zero attached hydrogens (tertiary/aromatic N) is 2. The molecule has 1 aliphatic rings. The Kier molecular flexibility index (Phi) is 4.02. The third kappa shape index (κ3) is 2.71. The van der Waals surface area contributed by atoms with Crippen molar-refractivity contribution in [2.45, 2.75) is 52.0 Å². The van der Waals surface area contributed by atoms with Crippen LogP contribution in [0.4, 0.5) is 0 Å². The Morgan fingerprint density at radius 3 is 2.86 bits per heavy atom. The molecule has 5 heteroatoms. The van der Waals surface area contributed by atoms with Gasteiger partial charge in [0, 0.05) is 12.2 Å². The highest BCUT2D eigenvalue weighted by atomic mass is 79.9. The van der Waals surface area contributed by atoms with Crippen LogP contribution in [0.2, 0.25) is 0 Å². The molecule has 0 bridgehead atoms. The van der Waals surface area contributed by atoms with E-state index in [9.17, 15) is 4.79 Å². The predicted octanol–water partition coefficient (Wildman–Crippen LogP) is 3.64. The number of imidazole rings is 1. The minimum atomic E-state index is 0.00347. The Morgan fingerprint density at radius 1 is 1.48 bits per heavy atom. The van der Waals surface area contributed by atoms with Gasteiger partial charge in [0.15, 0.2) is 5.65 Å². The van der Waals surface area contributed by atoms with Crippen molar-refractivity contribution in [2.24, 2.45) is 0 Å². The topological polar surface area (TPSA) is 46.4 Å². The fourth-order valence-electron chi connectivity index (χ4n) is 3.09. The first kappa shape index (κ1) is 14.6. The zero-order valence-electron chi connectivity index (χ0n) is 12.4. The van der Waals surface area contributed by atoms with Gasteiger partial charge in [-0.15, -0.1) is 0 Å². The van der Waals surface area contributed by atoms with Gasteiger partial charge in [0.05, 0.1) is 10.2 Å². The molecule has 0 radical (unpaired) electrons. The molecule has 2 aromatic heterocycles. The molecule has 1 aliphatic carbocycles. The Hall–Kier alpha value is -1.36. The molecule has 0 atom stereocenters. The minimum absolute atomic E-state index is 0.00347. The maximum atomic E-state index is 12.7. The summed E-state index contributed by atoms with van der Waals surface area (Å²) in [6.07, 6.45) is 7.34. The summed E-state index contributed by atoms with van der Waals surface area (Å²) >= 11 is 3.55. The average Bonchev–Trinajstić information content (AvgIpc) is 3.05. The number of aryl methyl sites for hydroxylation is 2. The van der Waals surface area contributed by atoms with Crippen molar-refractivity contribution in [1.29, 1.82) is 0 Å². The number of amides is 1. The molecule has 0 aromatic carbocycles. The Labute approximate surface area is 133 Å². The molecule has 1 fully saturated rings. The average molecular weight is 350 g/mol. The third-order valence-electron chi connectivity index (χ3n) is 4.12. The molecule has 1 saturated carbocycles. The van der Waals surface area contributed by atoms with E-state index in [1.807, 2.05) is 30.5 Å². The summed E-state index contributed by atoms with van der Waals surface area (Å²) in [6, 6.07) is 2.35. The lowest BCUT2D eigenvalue weighted by Crippen LogP contribution is -2.34. The van der Waals surface area contributed by atoms with Crippen molar-refractivity contribution >= 4 is 27.5 Å². The number of halogens is 1. The number of fused-ring (bicyclic) bond motifs is 1. The van der Waals surface area contributed by atoms with E-state index in [2.05, 4.69) is 26.2 Å². The molecule has 112 valence electrons. The van der Waals surface area contributed by atoms with E-state index in [0.29, 0.717) is 11.7 Å². The summed E-state index contributed by atoms with van der Waals surface area (Å²) in [4.78, 5) is 17.3. The number of hydrogen-bond acceptors (Lipinski definition) is 2. The minimum Gasteiger partial charge on any atom is -0.348 e. The van der Waals surface area contributed by atoms with Crippen LogP contribution in [0.5, 0.6) is 0 Å². The Bertz CT molecular complexity index is 686. The second kappa shape index (κ2) is 5.79. The Balaban J connectivity index is 2.04. The second-order valence-corrected chi connectivity index (χ2v) is 6.63. The molecule has 1 amide bonds. The summed E-state index contributed by atoms with van der Waals surface area (Å²) in [5, 5.41) is 3.17. The smallest absolute Gasteiger partial charge is 0.270 e. The molecular weight excluding hydrogens is 330 g/mol. The van der Waals surface area contributed by atoms with Gasteiger partial charge in [0.25, 0.3) is 5.91 Å². The lowest BCUT2D eigenvalue weighted by Gasteiger charge is -2.12. The summed E-state index contributed by atoms with van der Waals surface area (Å²) < 4.78 is 2.85. The largest absolute Gasteiger partial charge is 0.348 e. The van der Waals surface area contributed by atoms with E-state index in [4.69, 9.17) is 0 Å². The van der Waals surface area contributed by atoms with E-state index in [1.165, 1.54) is 12.8 Å². The fraction of sp³-hybridized carbons (Fsp3) is 0.500. The van der Waals surface area contributed by atoms with Crippen LogP contribution < -0.4 is 5.32 Å². The van der Waals surface area contributed by atoms with E-state index in [0.717, 1.165) is 40.6 Å². The molecule has 21 heavy (non-hydrogen) atoms. The van der Waals surface area contributed by atoms with Crippen molar-refractivity contribution in [2.75, 3.05) is 0 Å². The molecule has 0 aliphatic heterocycles. The zero-order valence-corrected chi connectivity index (χ0v) is 14.0. The van der Waals surface area contributed by atoms with Gasteiger partial charge in [0.1, 0.15) is 5.69 Å². The number of carbonyl (C=O) groups excluding carboxylic acids is 1. The van der Waals surface area contributed by atoms with Crippen molar-refractivity contribution in [3.8, 4) is 0 Å². The molecule has 0 spiro atoms. The molecule has 2 heterocycles. The van der Waals surface area contributed by atoms with Crippen LogP contribution in [-0.4, -0.2) is 21.3 Å². The first-order valence-corrected chi connectivity index (χ1v) is 8.37.